The van der Waals surface area contributed by atoms with Crippen molar-refractivity contribution in [2.45, 2.75) is 31.2 Å². The Morgan fingerprint density at radius 3 is 2.48 bits per heavy atom. The van der Waals surface area contributed by atoms with Gasteiger partial charge in [0, 0.05) is 56.0 Å². The Kier molecular flexibility index (Phi) is 6.15. The molecular formula is C22H25N5O3S. The van der Waals surface area contributed by atoms with Crippen molar-refractivity contribution in [3.63, 3.8) is 0 Å². The highest BCUT2D eigenvalue weighted by molar-refractivity contribution is 7.89. The molecule has 31 heavy (non-hydrogen) atoms. The Balaban J connectivity index is 1.31. The van der Waals surface area contributed by atoms with Crippen LogP contribution in [0.1, 0.15) is 24.2 Å². The topological polar surface area (TPSA) is 97.2 Å². The number of anilines is 1. The predicted octanol–water partition coefficient (Wildman–Crippen LogP) is 2.67. The molecule has 1 aliphatic heterocycles. The van der Waals surface area contributed by atoms with E-state index in [4.69, 9.17) is 0 Å². The molecule has 1 N–H and O–H groups in total. The van der Waals surface area contributed by atoms with Crippen molar-refractivity contribution in [3.8, 4) is 0 Å². The molecule has 2 aromatic heterocycles. The fourth-order valence-electron chi connectivity index (χ4n) is 3.71. The van der Waals surface area contributed by atoms with Gasteiger partial charge in [0.2, 0.25) is 15.9 Å². The maximum Gasteiger partial charge on any atom is 0.244 e. The molecule has 162 valence electrons. The van der Waals surface area contributed by atoms with Crippen LogP contribution in [0.25, 0.3) is 0 Å². The number of aromatic nitrogens is 3. The summed E-state index contributed by atoms with van der Waals surface area (Å²) in [4.78, 5) is 21.0. The number of hydrogen-bond donors (Lipinski definition) is 1. The van der Waals surface area contributed by atoms with E-state index in [0.717, 1.165) is 23.6 Å². The van der Waals surface area contributed by atoms with E-state index in [9.17, 15) is 13.2 Å². The smallest absolute Gasteiger partial charge is 0.244 e. The first kappa shape index (κ1) is 21.2. The summed E-state index contributed by atoms with van der Waals surface area (Å²) in [5.74, 6) is 0.666. The van der Waals surface area contributed by atoms with Crippen molar-refractivity contribution < 1.29 is 13.2 Å². The van der Waals surface area contributed by atoms with Crippen LogP contribution in [0.5, 0.6) is 0 Å². The lowest BCUT2D eigenvalue weighted by Crippen LogP contribution is -2.41. The standard InChI is InChI=1S/C22H25N5O3S/c1-17-24-11-14-26(17)16-18-4-6-20(7-5-18)25-22(28)19-8-12-27(13-9-19)31(29,30)21-3-2-10-23-15-21/h2-7,10-11,14-15,19H,8-9,12-13,16H2,1H3,(H,25,28). The van der Waals surface area contributed by atoms with Crippen LogP contribution < -0.4 is 5.32 Å². The number of benzene rings is 1. The molecule has 0 radical (unpaired) electrons. The molecule has 8 nitrogen and oxygen atoms in total. The molecule has 0 spiro atoms. The third kappa shape index (κ3) is 4.83. The number of imidazole rings is 1. The van der Waals surface area contributed by atoms with Gasteiger partial charge in [-0.3, -0.25) is 9.78 Å². The largest absolute Gasteiger partial charge is 0.331 e. The first-order valence-corrected chi connectivity index (χ1v) is 11.7. The predicted molar refractivity (Wildman–Crippen MR) is 117 cm³/mol. The van der Waals surface area contributed by atoms with Crippen molar-refractivity contribution in [2.75, 3.05) is 18.4 Å². The monoisotopic (exact) mass is 439 g/mol. The lowest BCUT2D eigenvalue weighted by molar-refractivity contribution is -0.120. The molecule has 3 heterocycles. The number of carbonyl (C=O) groups excluding carboxylic acids is 1. The Morgan fingerprint density at radius 2 is 1.87 bits per heavy atom. The number of amides is 1. The molecule has 1 aromatic carbocycles. The molecule has 0 saturated carbocycles. The fourth-order valence-corrected chi connectivity index (χ4v) is 5.15. The summed E-state index contributed by atoms with van der Waals surface area (Å²) in [5, 5.41) is 2.96. The third-order valence-corrected chi connectivity index (χ3v) is 7.48. The van der Waals surface area contributed by atoms with E-state index >= 15 is 0 Å². The van der Waals surface area contributed by atoms with Crippen LogP contribution in [-0.2, 0) is 21.4 Å². The number of aryl methyl sites for hydroxylation is 1. The van der Waals surface area contributed by atoms with Gasteiger partial charge in [-0.1, -0.05) is 12.1 Å². The van der Waals surface area contributed by atoms with E-state index in [1.54, 1.807) is 24.5 Å². The van der Waals surface area contributed by atoms with Crippen LogP contribution in [0.4, 0.5) is 5.69 Å². The van der Waals surface area contributed by atoms with Gasteiger partial charge < -0.3 is 9.88 Å². The number of pyridine rings is 1. The molecule has 0 aliphatic carbocycles. The van der Waals surface area contributed by atoms with Crippen LogP contribution in [0.2, 0.25) is 0 Å². The minimum absolute atomic E-state index is 0.0726. The zero-order valence-electron chi connectivity index (χ0n) is 17.3. The van der Waals surface area contributed by atoms with E-state index in [1.165, 1.54) is 10.5 Å². The van der Waals surface area contributed by atoms with Crippen LogP contribution in [0.15, 0.2) is 66.1 Å². The van der Waals surface area contributed by atoms with Crippen LogP contribution in [0.3, 0.4) is 0 Å². The second-order valence-corrected chi connectivity index (χ2v) is 9.59. The minimum Gasteiger partial charge on any atom is -0.331 e. The summed E-state index contributed by atoms with van der Waals surface area (Å²) >= 11 is 0. The van der Waals surface area contributed by atoms with Crippen molar-refractivity contribution in [2.24, 2.45) is 5.92 Å². The third-order valence-electron chi connectivity index (χ3n) is 5.59. The Bertz CT molecular complexity index is 1140. The van der Waals surface area contributed by atoms with E-state index in [-0.39, 0.29) is 16.7 Å². The maximum atomic E-state index is 12.7. The second-order valence-electron chi connectivity index (χ2n) is 7.66. The van der Waals surface area contributed by atoms with E-state index in [1.807, 2.05) is 37.4 Å². The first-order chi connectivity index (χ1) is 14.9. The molecule has 1 amide bonds. The lowest BCUT2D eigenvalue weighted by Gasteiger charge is -2.30. The highest BCUT2D eigenvalue weighted by Crippen LogP contribution is 2.24. The van der Waals surface area contributed by atoms with Gasteiger partial charge in [0.05, 0.1) is 0 Å². The van der Waals surface area contributed by atoms with Crippen LogP contribution in [-0.4, -0.2) is 46.3 Å². The quantitative estimate of drug-likeness (QED) is 0.637. The van der Waals surface area contributed by atoms with Gasteiger partial charge in [-0.25, -0.2) is 13.4 Å². The van der Waals surface area contributed by atoms with Crippen molar-refractivity contribution in [3.05, 3.63) is 72.6 Å². The molecule has 1 aliphatic rings. The number of hydrogen-bond acceptors (Lipinski definition) is 5. The minimum atomic E-state index is -3.57. The van der Waals surface area contributed by atoms with Crippen molar-refractivity contribution in [1.82, 2.24) is 18.8 Å². The highest BCUT2D eigenvalue weighted by atomic mass is 32.2. The summed E-state index contributed by atoms with van der Waals surface area (Å²) < 4.78 is 28.9. The highest BCUT2D eigenvalue weighted by Gasteiger charge is 2.32. The van der Waals surface area contributed by atoms with Gasteiger partial charge in [-0.2, -0.15) is 4.31 Å². The van der Waals surface area contributed by atoms with Gasteiger partial charge in [-0.15, -0.1) is 0 Å². The molecule has 0 unspecified atom stereocenters. The van der Waals surface area contributed by atoms with Gasteiger partial charge in [0.1, 0.15) is 10.7 Å². The first-order valence-electron chi connectivity index (χ1n) is 10.2. The molecule has 3 aromatic rings. The average Bonchev–Trinajstić information content (AvgIpc) is 3.20. The van der Waals surface area contributed by atoms with E-state index < -0.39 is 10.0 Å². The van der Waals surface area contributed by atoms with Gasteiger partial charge in [0.25, 0.3) is 0 Å². The number of nitrogens with one attached hydrogen (secondary N) is 1. The Hall–Kier alpha value is -3.04. The second kappa shape index (κ2) is 8.99. The van der Waals surface area contributed by atoms with Crippen LogP contribution in [0, 0.1) is 12.8 Å². The molecule has 1 fully saturated rings. The Morgan fingerprint density at radius 1 is 1.13 bits per heavy atom. The summed E-state index contributed by atoms with van der Waals surface area (Å²) in [5.41, 5.74) is 1.86. The molecule has 0 atom stereocenters. The number of nitrogens with zero attached hydrogens (tertiary/aromatic N) is 4. The van der Waals surface area contributed by atoms with Crippen LogP contribution >= 0.6 is 0 Å². The zero-order valence-corrected chi connectivity index (χ0v) is 18.1. The van der Waals surface area contributed by atoms with Gasteiger partial charge in [-0.05, 0) is 49.6 Å². The summed E-state index contributed by atoms with van der Waals surface area (Å²) in [6, 6.07) is 10.9. The lowest BCUT2D eigenvalue weighted by atomic mass is 9.97. The number of sulfonamides is 1. The fraction of sp³-hybridized carbons (Fsp3) is 0.318. The molecule has 9 heteroatoms. The maximum absolute atomic E-state index is 12.7. The summed E-state index contributed by atoms with van der Waals surface area (Å²) in [7, 11) is -3.57. The van der Waals surface area contributed by atoms with Gasteiger partial charge >= 0.3 is 0 Å². The van der Waals surface area contributed by atoms with E-state index in [0.29, 0.717) is 25.9 Å². The van der Waals surface area contributed by atoms with Crippen molar-refractivity contribution >= 4 is 21.6 Å². The molecule has 4 rings (SSSR count). The summed E-state index contributed by atoms with van der Waals surface area (Å²) in [6.45, 7) is 3.32. The number of carbonyl (C=O) groups is 1. The normalized spacial score (nSPS) is 15.6. The number of piperidine rings is 1. The number of rotatable bonds is 6. The molecule has 0 bridgehead atoms. The zero-order chi connectivity index (χ0) is 21.8. The summed E-state index contributed by atoms with van der Waals surface area (Å²) in [6.07, 6.45) is 7.59. The Labute approximate surface area is 182 Å². The van der Waals surface area contributed by atoms with E-state index in [2.05, 4.69) is 19.9 Å². The molecular weight excluding hydrogens is 414 g/mol. The van der Waals surface area contributed by atoms with Crippen molar-refractivity contribution in [1.29, 1.82) is 0 Å². The van der Waals surface area contributed by atoms with Gasteiger partial charge in [0.15, 0.2) is 0 Å². The average molecular weight is 440 g/mol. The SMILES string of the molecule is Cc1nccn1Cc1ccc(NC(=O)C2CCN(S(=O)(=O)c3cccnc3)CC2)cc1. The molecule has 1 saturated heterocycles.